The Balaban J connectivity index is 0.000000198. The first-order valence-corrected chi connectivity index (χ1v) is 20.3. The van der Waals surface area contributed by atoms with E-state index in [0.717, 1.165) is 83.5 Å². The molecule has 7 N–H and O–H groups in total. The Morgan fingerprint density at radius 2 is 1.41 bits per heavy atom. The number of allylic oxidation sites excluding steroid dienone is 1. The van der Waals surface area contributed by atoms with E-state index in [2.05, 4.69) is 43.2 Å². The van der Waals surface area contributed by atoms with Gasteiger partial charge in [-0.2, -0.15) is 0 Å². The minimum atomic E-state index is -1.22. The van der Waals surface area contributed by atoms with Gasteiger partial charge in [-0.25, -0.2) is 0 Å². The molecule has 0 spiro atoms. The molecule has 0 aromatic heterocycles. The van der Waals surface area contributed by atoms with Crippen LogP contribution >= 0.6 is 0 Å². The zero-order valence-corrected chi connectivity index (χ0v) is 34.0. The van der Waals surface area contributed by atoms with Crippen LogP contribution in [0.4, 0.5) is 0 Å². The average molecular weight is 813 g/mol. The number of phenols is 1. The van der Waals surface area contributed by atoms with Gasteiger partial charge in [0.2, 0.25) is 0 Å². The van der Waals surface area contributed by atoms with E-state index in [1.54, 1.807) is 0 Å². The monoisotopic (exact) mass is 812 g/mol. The first-order chi connectivity index (χ1) is 26.1. The first-order valence-electron chi connectivity index (χ1n) is 20.3. The van der Waals surface area contributed by atoms with Crippen molar-refractivity contribution in [3.05, 3.63) is 41.0 Å². The van der Waals surface area contributed by atoms with Crippen LogP contribution in [0.5, 0.6) is 5.75 Å². The van der Waals surface area contributed by atoms with Crippen LogP contribution in [0.3, 0.4) is 0 Å². The van der Waals surface area contributed by atoms with Gasteiger partial charge >= 0.3 is 17.1 Å². The molecule has 0 heterocycles. The number of benzene rings is 1. The molecule has 0 aliphatic heterocycles. The molecule has 0 amide bonds. The molecule has 5 fully saturated rings. The van der Waals surface area contributed by atoms with E-state index in [1.165, 1.54) is 29.5 Å². The van der Waals surface area contributed by atoms with Gasteiger partial charge in [-0.15, -0.1) is 12.8 Å². The first kappa shape index (κ1) is 45.6. The molecule has 10 nitrogen and oxygen atoms in total. The van der Waals surface area contributed by atoms with Gasteiger partial charge in [-0.3, -0.25) is 4.79 Å². The van der Waals surface area contributed by atoms with Crippen LogP contribution in [0.2, 0.25) is 0 Å². The molecule has 8 rings (SSSR count). The predicted octanol–water partition coefficient (Wildman–Crippen LogP) is 2.88. The van der Waals surface area contributed by atoms with E-state index in [1.807, 2.05) is 18.2 Å². The van der Waals surface area contributed by atoms with Crippen molar-refractivity contribution in [1.82, 2.24) is 0 Å². The molecule has 7 aliphatic carbocycles. The summed E-state index contributed by atoms with van der Waals surface area (Å²) in [6.07, 6.45) is 28.7. The number of hydrogen-bond donors (Lipinski definition) is 5. The summed E-state index contributed by atoms with van der Waals surface area (Å²) in [5.41, 5.74) is 11.2. The van der Waals surface area contributed by atoms with Gasteiger partial charge in [-0.05, 0) is 161 Å². The summed E-state index contributed by atoms with van der Waals surface area (Å²) in [5.74, 6) is 8.11. The Morgan fingerprint density at radius 3 is 2.02 bits per heavy atom. The molecule has 306 valence electrons. The maximum Gasteiger partial charge on any atom is 2.00 e. The quantitative estimate of drug-likeness (QED) is 0.223. The Morgan fingerprint density at radius 1 is 0.804 bits per heavy atom. The van der Waals surface area contributed by atoms with Gasteiger partial charge < -0.3 is 46.6 Å². The van der Waals surface area contributed by atoms with Crippen LogP contribution in [-0.4, -0.2) is 57.3 Å². The summed E-state index contributed by atoms with van der Waals surface area (Å²) >= 11 is 0. The Hall–Kier alpha value is -3.15. The van der Waals surface area contributed by atoms with Crippen molar-refractivity contribution >= 4 is 17.7 Å². The fourth-order valence-corrected chi connectivity index (χ4v) is 12.8. The molecule has 1 aromatic carbocycles. The van der Waals surface area contributed by atoms with Gasteiger partial charge in [0.05, 0.1) is 11.9 Å². The van der Waals surface area contributed by atoms with E-state index >= 15 is 0 Å². The number of carbonyl (C=O) groups excluding carboxylic acids is 3. The average Bonchev–Trinajstić information content (AvgIpc) is 3.65. The molecule has 11 atom stereocenters. The van der Waals surface area contributed by atoms with E-state index in [9.17, 15) is 20.1 Å². The van der Waals surface area contributed by atoms with Crippen molar-refractivity contribution in [3.63, 3.8) is 0 Å². The number of carboxylic acid groups (broad SMARTS) is 2. The van der Waals surface area contributed by atoms with Crippen LogP contribution in [-0.2, 0) is 37.9 Å². The normalized spacial score (nSPS) is 38.2. The molecule has 1 aromatic rings. The van der Waals surface area contributed by atoms with Crippen LogP contribution in [0.1, 0.15) is 121 Å². The number of rotatable bonds is 3. The van der Waals surface area contributed by atoms with Crippen molar-refractivity contribution in [2.24, 2.45) is 57.8 Å². The molecule has 5 saturated carbocycles. The van der Waals surface area contributed by atoms with Gasteiger partial charge in [-0.1, -0.05) is 37.3 Å². The zero-order chi connectivity index (χ0) is 40.3. The fraction of sp³-hybridized carbons (Fsp3) is 0.667. The zero-order valence-electron chi connectivity index (χ0n) is 32.9. The van der Waals surface area contributed by atoms with Crippen molar-refractivity contribution < 1.29 is 57.0 Å². The number of carboxylic acids is 2. The third kappa shape index (κ3) is 8.24. The molecular weight excluding hydrogens is 752 g/mol. The number of aryl methyl sites for hydroxylation is 1. The molecular formula is C45H60FeN2O8. The van der Waals surface area contributed by atoms with Gasteiger partial charge in [0.15, 0.2) is 5.78 Å². The number of aromatic hydroxyl groups is 1. The third-order valence-corrected chi connectivity index (χ3v) is 15.5. The maximum absolute atomic E-state index is 11.8. The third-order valence-electron chi connectivity index (χ3n) is 15.5. The summed E-state index contributed by atoms with van der Waals surface area (Å²) in [5, 5.41) is 50.0. The van der Waals surface area contributed by atoms with Gasteiger partial charge in [0, 0.05) is 30.3 Å². The molecule has 7 aliphatic rings. The Kier molecular flexibility index (Phi) is 14.8. The molecule has 0 bridgehead atoms. The van der Waals surface area contributed by atoms with Gasteiger partial charge in [0.25, 0.3) is 0 Å². The van der Waals surface area contributed by atoms with Crippen molar-refractivity contribution in [2.75, 3.05) is 13.1 Å². The second-order valence-electron chi connectivity index (χ2n) is 17.3. The maximum atomic E-state index is 11.8. The van der Waals surface area contributed by atoms with Gasteiger partial charge in [0.1, 0.15) is 17.0 Å². The Labute approximate surface area is 343 Å². The molecule has 56 heavy (non-hydrogen) atoms. The van der Waals surface area contributed by atoms with Crippen molar-refractivity contribution in [2.45, 2.75) is 127 Å². The summed E-state index contributed by atoms with van der Waals surface area (Å²) in [6, 6.07) is 5.87. The number of ketones is 1. The summed E-state index contributed by atoms with van der Waals surface area (Å²) in [7, 11) is 0. The van der Waals surface area contributed by atoms with Crippen molar-refractivity contribution in [3.8, 4) is 30.4 Å². The van der Waals surface area contributed by atoms with E-state index < -0.39 is 23.1 Å². The number of terminal acetylenes is 2. The van der Waals surface area contributed by atoms with Crippen LogP contribution in [0.25, 0.3) is 0 Å². The number of fused-ring (bicyclic) bond motifs is 10. The largest absolute Gasteiger partial charge is 2.00 e. The van der Waals surface area contributed by atoms with E-state index in [0.29, 0.717) is 53.0 Å². The number of aliphatic carboxylic acids is 2. The van der Waals surface area contributed by atoms with Crippen LogP contribution < -0.4 is 21.7 Å². The van der Waals surface area contributed by atoms with Crippen LogP contribution in [0.15, 0.2) is 29.8 Å². The summed E-state index contributed by atoms with van der Waals surface area (Å²) < 4.78 is 0. The molecule has 0 unspecified atom stereocenters. The molecule has 0 saturated heterocycles. The smallest absolute Gasteiger partial charge is 0.549 e. The Bertz CT molecular complexity index is 1720. The summed E-state index contributed by atoms with van der Waals surface area (Å²) in [6.45, 7) is 3.65. The van der Waals surface area contributed by atoms with E-state index in [4.69, 9.17) is 32.6 Å². The topological polar surface area (TPSA) is 210 Å². The number of aliphatic hydroxyl groups is 2. The number of phenolic OH excluding ortho intramolecular Hbond substituents is 1. The number of hydrogen-bond acceptors (Lipinski definition) is 10. The SMILES string of the molecule is C#C[C@]1(O)CC[C@H]2[C@@H]3CCC4=CC(=O)CC[C@@H]4[C@H]3CC[C@@]21CC.C#C[C@]1(O)CC[C@H]2[C@@H]3CCc4cc(O)ccc4[C@H]3CC[C@@]21C.NCC(=O)[O-].NCC(=O)[O-].[Fe+2]. The molecule has 0 radical (unpaired) electrons. The van der Waals surface area contributed by atoms with Crippen molar-refractivity contribution in [1.29, 1.82) is 0 Å². The standard InChI is InChI=1S/C21H28O2.C20H24O2.2C2H5NO2.Fe/c1-3-20-11-9-17-16-8-6-15(22)13-14(16)5-7-18(17)19(20)10-12-21(20,23)4-2;1-3-20(22)11-9-18-17-6-4-13-12-14(21)5-7-15(13)16(17)8-10-19(18,20)2;2*3-1-2(4)5;/h2,13,16-19,23H,3,5-12H2,1H3;1,5,7,12,16-18,21-22H,4,6,8-11H2,2H3;2*1,3H2,(H,4,5);/q;;;;+2/p-2/t16-,17+,18+,19-,20-,21-;16-,17-,18+,19+,20+;;;/m01.../s1. The summed E-state index contributed by atoms with van der Waals surface area (Å²) in [4.78, 5) is 30.0. The predicted molar refractivity (Wildman–Crippen MR) is 205 cm³/mol. The number of carbonyl (C=O) groups is 3. The minimum absolute atomic E-state index is 0. The fourth-order valence-electron chi connectivity index (χ4n) is 12.8. The van der Waals surface area contributed by atoms with E-state index in [-0.39, 0.29) is 41.0 Å². The second-order valence-corrected chi connectivity index (χ2v) is 17.3. The van der Waals surface area contributed by atoms with Crippen LogP contribution in [0, 0.1) is 71.0 Å². The molecule has 11 heteroatoms. The number of nitrogens with two attached hydrogens (primary N) is 2. The second kappa shape index (κ2) is 18.2. The minimum Gasteiger partial charge on any atom is -0.549 e.